The molecule has 0 N–H and O–H groups in total. The van der Waals surface area contributed by atoms with Crippen LogP contribution in [0, 0.1) is 0 Å². The second kappa shape index (κ2) is 4.67. The SMILES string of the molecule is CC(C)OC(=O)N1C(C)CCCC1C. The van der Waals surface area contributed by atoms with Crippen molar-refractivity contribution in [3.63, 3.8) is 0 Å². The van der Waals surface area contributed by atoms with Crippen molar-refractivity contribution in [1.82, 2.24) is 4.90 Å². The van der Waals surface area contributed by atoms with Crippen LogP contribution in [0.4, 0.5) is 4.79 Å². The van der Waals surface area contributed by atoms with Crippen molar-refractivity contribution in [2.75, 3.05) is 0 Å². The summed E-state index contributed by atoms with van der Waals surface area (Å²) in [6, 6.07) is 0.648. The first-order valence-corrected chi connectivity index (χ1v) is 5.51. The van der Waals surface area contributed by atoms with Gasteiger partial charge >= 0.3 is 6.09 Å². The fourth-order valence-electron chi connectivity index (χ4n) is 2.04. The van der Waals surface area contributed by atoms with Gasteiger partial charge in [-0.3, -0.25) is 0 Å². The Hall–Kier alpha value is -0.730. The number of hydrogen-bond donors (Lipinski definition) is 0. The van der Waals surface area contributed by atoms with Gasteiger partial charge in [-0.25, -0.2) is 4.79 Å². The maximum absolute atomic E-state index is 11.7. The van der Waals surface area contributed by atoms with Gasteiger partial charge in [-0.1, -0.05) is 0 Å². The molecule has 3 nitrogen and oxygen atoms in total. The average molecular weight is 199 g/mol. The zero-order valence-electron chi connectivity index (χ0n) is 9.62. The number of carbonyl (C=O) groups is 1. The molecular formula is C11H21NO2. The van der Waals surface area contributed by atoms with Crippen molar-refractivity contribution in [1.29, 1.82) is 0 Å². The minimum absolute atomic E-state index is 0.0242. The second-order valence-corrected chi connectivity index (χ2v) is 4.47. The minimum atomic E-state index is -0.153. The average Bonchev–Trinajstić information content (AvgIpc) is 2.01. The van der Waals surface area contributed by atoms with E-state index in [1.165, 1.54) is 6.42 Å². The van der Waals surface area contributed by atoms with Crippen molar-refractivity contribution in [3.05, 3.63) is 0 Å². The smallest absolute Gasteiger partial charge is 0.410 e. The van der Waals surface area contributed by atoms with Gasteiger partial charge in [0.25, 0.3) is 0 Å². The highest BCUT2D eigenvalue weighted by atomic mass is 16.6. The van der Waals surface area contributed by atoms with Crippen LogP contribution in [0.2, 0.25) is 0 Å². The Labute approximate surface area is 86.4 Å². The van der Waals surface area contributed by atoms with Crippen molar-refractivity contribution in [2.24, 2.45) is 0 Å². The molecule has 1 rings (SSSR count). The number of likely N-dealkylation sites (tertiary alicyclic amines) is 1. The van der Waals surface area contributed by atoms with Gasteiger partial charge in [0, 0.05) is 12.1 Å². The summed E-state index contributed by atoms with van der Waals surface area (Å²) in [6.07, 6.45) is 3.23. The van der Waals surface area contributed by atoms with Gasteiger partial charge in [-0.05, 0) is 47.0 Å². The van der Waals surface area contributed by atoms with Crippen LogP contribution in [0.3, 0.4) is 0 Å². The van der Waals surface area contributed by atoms with Crippen molar-refractivity contribution in [2.45, 2.75) is 65.1 Å². The minimum Gasteiger partial charge on any atom is -0.447 e. The van der Waals surface area contributed by atoms with Crippen LogP contribution >= 0.6 is 0 Å². The maximum Gasteiger partial charge on any atom is 0.410 e. The molecule has 0 aromatic rings. The number of piperidine rings is 1. The van der Waals surface area contributed by atoms with Crippen LogP contribution in [0.25, 0.3) is 0 Å². The quantitative estimate of drug-likeness (QED) is 0.650. The fraction of sp³-hybridized carbons (Fsp3) is 0.909. The highest BCUT2D eigenvalue weighted by Gasteiger charge is 2.30. The number of hydrogen-bond acceptors (Lipinski definition) is 2. The molecule has 2 atom stereocenters. The van der Waals surface area contributed by atoms with Gasteiger partial charge in [-0.2, -0.15) is 0 Å². The van der Waals surface area contributed by atoms with Gasteiger partial charge in [0.05, 0.1) is 6.10 Å². The van der Waals surface area contributed by atoms with E-state index in [1.807, 2.05) is 18.7 Å². The standard InChI is InChI=1S/C11H21NO2/c1-8(2)14-11(13)12-9(3)6-5-7-10(12)4/h8-10H,5-7H2,1-4H3. The second-order valence-electron chi connectivity index (χ2n) is 4.47. The molecule has 3 heteroatoms. The summed E-state index contributed by atoms with van der Waals surface area (Å²) in [4.78, 5) is 13.6. The Bertz CT molecular complexity index is 193. The zero-order valence-corrected chi connectivity index (χ0v) is 9.62. The van der Waals surface area contributed by atoms with E-state index in [9.17, 15) is 4.79 Å². The molecule has 0 spiro atoms. The summed E-state index contributed by atoms with van der Waals surface area (Å²) < 4.78 is 5.22. The molecule has 0 aromatic carbocycles. The predicted molar refractivity (Wildman–Crippen MR) is 56.2 cm³/mol. The van der Waals surface area contributed by atoms with E-state index in [1.54, 1.807) is 0 Å². The Morgan fingerprint density at radius 1 is 1.29 bits per heavy atom. The zero-order chi connectivity index (χ0) is 10.7. The van der Waals surface area contributed by atoms with Crippen molar-refractivity contribution >= 4 is 6.09 Å². The fourth-order valence-corrected chi connectivity index (χ4v) is 2.04. The van der Waals surface area contributed by atoms with Gasteiger partial charge in [0.15, 0.2) is 0 Å². The molecule has 1 fully saturated rings. The molecule has 1 saturated heterocycles. The van der Waals surface area contributed by atoms with E-state index in [2.05, 4.69) is 13.8 Å². The summed E-state index contributed by atoms with van der Waals surface area (Å²) in [5.74, 6) is 0. The lowest BCUT2D eigenvalue weighted by atomic mass is 9.98. The summed E-state index contributed by atoms with van der Waals surface area (Å²) in [5, 5.41) is 0. The van der Waals surface area contributed by atoms with Crippen LogP contribution in [-0.4, -0.2) is 29.2 Å². The Morgan fingerprint density at radius 3 is 2.21 bits per heavy atom. The Kier molecular flexibility index (Phi) is 3.78. The molecule has 14 heavy (non-hydrogen) atoms. The van der Waals surface area contributed by atoms with Gasteiger partial charge in [0.2, 0.25) is 0 Å². The number of nitrogens with zero attached hydrogens (tertiary/aromatic N) is 1. The normalized spacial score (nSPS) is 27.9. The third-order valence-corrected chi connectivity index (χ3v) is 2.74. The van der Waals surface area contributed by atoms with E-state index in [0.717, 1.165) is 12.8 Å². The molecule has 0 radical (unpaired) electrons. The maximum atomic E-state index is 11.7. The van der Waals surface area contributed by atoms with Crippen LogP contribution in [-0.2, 0) is 4.74 Å². The van der Waals surface area contributed by atoms with Gasteiger partial charge in [0.1, 0.15) is 0 Å². The van der Waals surface area contributed by atoms with E-state index in [-0.39, 0.29) is 12.2 Å². The van der Waals surface area contributed by atoms with Gasteiger partial charge in [-0.15, -0.1) is 0 Å². The first-order valence-electron chi connectivity index (χ1n) is 5.51. The molecule has 2 unspecified atom stereocenters. The summed E-state index contributed by atoms with van der Waals surface area (Å²) in [7, 11) is 0. The summed E-state index contributed by atoms with van der Waals surface area (Å²) in [6.45, 7) is 7.96. The molecular weight excluding hydrogens is 178 g/mol. The summed E-state index contributed by atoms with van der Waals surface area (Å²) >= 11 is 0. The first kappa shape index (κ1) is 11.3. The topological polar surface area (TPSA) is 29.5 Å². The van der Waals surface area contributed by atoms with E-state index >= 15 is 0 Å². The predicted octanol–water partition coefficient (Wildman–Crippen LogP) is 2.79. The largest absolute Gasteiger partial charge is 0.447 e. The molecule has 0 aliphatic carbocycles. The third kappa shape index (κ3) is 2.63. The highest BCUT2D eigenvalue weighted by Crippen LogP contribution is 2.23. The van der Waals surface area contributed by atoms with E-state index < -0.39 is 0 Å². The van der Waals surface area contributed by atoms with E-state index in [0.29, 0.717) is 12.1 Å². The number of ether oxygens (including phenoxy) is 1. The van der Waals surface area contributed by atoms with Crippen molar-refractivity contribution in [3.8, 4) is 0 Å². The lowest BCUT2D eigenvalue weighted by molar-refractivity contribution is 0.0380. The molecule has 0 saturated carbocycles. The van der Waals surface area contributed by atoms with Crippen LogP contribution in [0.5, 0.6) is 0 Å². The monoisotopic (exact) mass is 199 g/mol. The third-order valence-electron chi connectivity index (χ3n) is 2.74. The van der Waals surface area contributed by atoms with Crippen LogP contribution in [0.15, 0.2) is 0 Å². The summed E-state index contributed by atoms with van der Waals surface area (Å²) in [5.41, 5.74) is 0. The number of amides is 1. The lowest BCUT2D eigenvalue weighted by Gasteiger charge is -2.38. The molecule has 1 aliphatic heterocycles. The number of carbonyl (C=O) groups excluding carboxylic acids is 1. The van der Waals surface area contributed by atoms with Crippen molar-refractivity contribution < 1.29 is 9.53 Å². The molecule has 0 bridgehead atoms. The van der Waals surface area contributed by atoms with Gasteiger partial charge < -0.3 is 9.64 Å². The first-order chi connectivity index (χ1) is 6.52. The van der Waals surface area contributed by atoms with Crippen LogP contribution < -0.4 is 0 Å². The molecule has 0 aromatic heterocycles. The molecule has 82 valence electrons. The van der Waals surface area contributed by atoms with E-state index in [4.69, 9.17) is 4.74 Å². The molecule has 1 aliphatic rings. The highest BCUT2D eigenvalue weighted by molar-refractivity contribution is 5.68. The lowest BCUT2D eigenvalue weighted by Crippen LogP contribution is -2.48. The van der Waals surface area contributed by atoms with Crippen LogP contribution in [0.1, 0.15) is 47.0 Å². The molecule has 1 amide bonds. The number of rotatable bonds is 1. The Morgan fingerprint density at radius 2 is 1.79 bits per heavy atom. The molecule has 1 heterocycles. The Balaban J connectivity index is 2.58.